The molecule has 0 bridgehead atoms. The summed E-state index contributed by atoms with van der Waals surface area (Å²) >= 11 is 0. The molecule has 0 heterocycles. The van der Waals surface area contributed by atoms with Gasteiger partial charge in [0.1, 0.15) is 5.78 Å². The molecule has 80 valence electrons. The van der Waals surface area contributed by atoms with E-state index in [1.807, 2.05) is 0 Å². The highest BCUT2D eigenvalue weighted by Gasteiger charge is 2.05. The standard InChI is InChI=1S/C9H14O5/c10-7(3-1-5-8(11)12)4-2-6-9(13)14/h1-6H2,(H,11,12)(H,13,14). The van der Waals surface area contributed by atoms with Gasteiger partial charge in [-0.1, -0.05) is 0 Å². The van der Waals surface area contributed by atoms with E-state index in [-0.39, 0.29) is 31.5 Å². The van der Waals surface area contributed by atoms with Crippen molar-refractivity contribution in [2.75, 3.05) is 0 Å². The number of aliphatic carboxylic acids is 2. The maximum atomic E-state index is 11.0. The van der Waals surface area contributed by atoms with Crippen LogP contribution in [-0.2, 0) is 14.4 Å². The third-order valence-corrected chi connectivity index (χ3v) is 1.69. The summed E-state index contributed by atoms with van der Waals surface area (Å²) in [7, 11) is 0. The molecule has 2 N–H and O–H groups in total. The molecule has 0 amide bonds. The Morgan fingerprint density at radius 3 is 1.36 bits per heavy atom. The largest absolute Gasteiger partial charge is 0.481 e. The molecule has 0 aromatic carbocycles. The van der Waals surface area contributed by atoms with Crippen molar-refractivity contribution >= 4 is 17.7 Å². The predicted octanol–water partition coefficient (Wildman–Crippen LogP) is 1.07. The van der Waals surface area contributed by atoms with Gasteiger partial charge in [-0.2, -0.15) is 0 Å². The fourth-order valence-corrected chi connectivity index (χ4v) is 0.999. The number of hydrogen-bond donors (Lipinski definition) is 2. The Labute approximate surface area is 81.7 Å². The summed E-state index contributed by atoms with van der Waals surface area (Å²) in [6, 6.07) is 0. The molecule has 0 rings (SSSR count). The zero-order valence-electron chi connectivity index (χ0n) is 7.86. The lowest BCUT2D eigenvalue weighted by molar-refractivity contribution is -0.138. The number of carbonyl (C=O) groups is 3. The summed E-state index contributed by atoms with van der Waals surface area (Å²) < 4.78 is 0. The van der Waals surface area contributed by atoms with Crippen LogP contribution in [0.3, 0.4) is 0 Å². The van der Waals surface area contributed by atoms with Crippen molar-refractivity contribution in [1.82, 2.24) is 0 Å². The van der Waals surface area contributed by atoms with Crippen LogP contribution >= 0.6 is 0 Å². The molecular weight excluding hydrogens is 188 g/mol. The topological polar surface area (TPSA) is 91.7 Å². The van der Waals surface area contributed by atoms with E-state index >= 15 is 0 Å². The molecule has 5 heteroatoms. The molecular formula is C9H14O5. The number of carboxylic acids is 2. The maximum absolute atomic E-state index is 11.0. The number of Topliss-reactive ketones (excluding diaryl/α,β-unsaturated/α-hetero) is 1. The fourth-order valence-electron chi connectivity index (χ4n) is 0.999. The third kappa shape index (κ3) is 8.70. The molecule has 0 unspecified atom stereocenters. The van der Waals surface area contributed by atoms with Crippen LogP contribution in [0.4, 0.5) is 0 Å². The normalized spacial score (nSPS) is 9.71. The third-order valence-electron chi connectivity index (χ3n) is 1.69. The second kappa shape index (κ2) is 7.06. The van der Waals surface area contributed by atoms with Crippen LogP contribution in [0.2, 0.25) is 0 Å². The van der Waals surface area contributed by atoms with Crippen LogP contribution in [0.15, 0.2) is 0 Å². The molecule has 0 aliphatic carbocycles. The molecule has 0 fully saturated rings. The Morgan fingerprint density at radius 1 is 0.714 bits per heavy atom. The fraction of sp³-hybridized carbons (Fsp3) is 0.667. The van der Waals surface area contributed by atoms with Gasteiger partial charge in [-0.3, -0.25) is 14.4 Å². The molecule has 0 saturated heterocycles. The predicted molar refractivity (Wildman–Crippen MR) is 48.0 cm³/mol. The highest BCUT2D eigenvalue weighted by atomic mass is 16.4. The van der Waals surface area contributed by atoms with Crippen molar-refractivity contribution in [3.05, 3.63) is 0 Å². The Balaban J connectivity index is 3.37. The van der Waals surface area contributed by atoms with Crippen molar-refractivity contribution in [3.63, 3.8) is 0 Å². The zero-order valence-corrected chi connectivity index (χ0v) is 7.86. The molecule has 0 spiro atoms. The minimum absolute atomic E-state index is 0.00926. The molecule has 5 nitrogen and oxygen atoms in total. The van der Waals surface area contributed by atoms with E-state index in [2.05, 4.69) is 0 Å². The van der Waals surface area contributed by atoms with Gasteiger partial charge >= 0.3 is 11.9 Å². The van der Waals surface area contributed by atoms with Gasteiger partial charge in [0.25, 0.3) is 0 Å². The number of ketones is 1. The van der Waals surface area contributed by atoms with E-state index in [9.17, 15) is 14.4 Å². The lowest BCUT2D eigenvalue weighted by atomic mass is 10.1. The maximum Gasteiger partial charge on any atom is 0.303 e. The second-order valence-electron chi connectivity index (χ2n) is 3.03. The minimum Gasteiger partial charge on any atom is -0.481 e. The monoisotopic (exact) mass is 202 g/mol. The molecule has 0 aromatic heterocycles. The van der Waals surface area contributed by atoms with Crippen LogP contribution in [0.25, 0.3) is 0 Å². The highest BCUT2D eigenvalue weighted by Crippen LogP contribution is 2.03. The molecule has 0 radical (unpaired) electrons. The number of rotatable bonds is 8. The van der Waals surface area contributed by atoms with Gasteiger partial charge in [0.2, 0.25) is 0 Å². The van der Waals surface area contributed by atoms with Crippen molar-refractivity contribution < 1.29 is 24.6 Å². The summed E-state index contributed by atoms with van der Waals surface area (Å²) in [5.41, 5.74) is 0. The number of hydrogen-bond acceptors (Lipinski definition) is 3. The van der Waals surface area contributed by atoms with Crippen LogP contribution in [0.5, 0.6) is 0 Å². The lowest BCUT2D eigenvalue weighted by Gasteiger charge is -1.97. The van der Waals surface area contributed by atoms with Crippen molar-refractivity contribution in [1.29, 1.82) is 0 Å². The zero-order chi connectivity index (χ0) is 11.0. The van der Waals surface area contributed by atoms with E-state index in [1.54, 1.807) is 0 Å². The molecule has 0 atom stereocenters. The molecule has 0 aliphatic rings. The summed E-state index contributed by atoms with van der Waals surface area (Å²) in [6.07, 6.45) is 1.11. The van der Waals surface area contributed by atoms with E-state index < -0.39 is 11.9 Å². The van der Waals surface area contributed by atoms with Gasteiger partial charge in [-0.15, -0.1) is 0 Å². The van der Waals surface area contributed by atoms with E-state index in [4.69, 9.17) is 10.2 Å². The first kappa shape index (κ1) is 12.6. The quantitative estimate of drug-likeness (QED) is 0.614. The molecule has 0 aromatic rings. The SMILES string of the molecule is O=C(O)CCCC(=O)CCCC(=O)O. The average Bonchev–Trinajstić information content (AvgIpc) is 2.02. The smallest absolute Gasteiger partial charge is 0.303 e. The van der Waals surface area contributed by atoms with Crippen molar-refractivity contribution in [2.45, 2.75) is 38.5 Å². The van der Waals surface area contributed by atoms with Crippen molar-refractivity contribution in [2.24, 2.45) is 0 Å². The summed E-state index contributed by atoms with van der Waals surface area (Å²) in [4.78, 5) is 31.2. The Kier molecular flexibility index (Phi) is 6.36. The van der Waals surface area contributed by atoms with E-state index in [1.165, 1.54) is 0 Å². The van der Waals surface area contributed by atoms with Crippen LogP contribution in [0.1, 0.15) is 38.5 Å². The first-order valence-electron chi connectivity index (χ1n) is 4.47. The van der Waals surface area contributed by atoms with Gasteiger partial charge in [0, 0.05) is 25.7 Å². The molecule has 0 aliphatic heterocycles. The number of carbonyl (C=O) groups excluding carboxylic acids is 1. The first-order valence-corrected chi connectivity index (χ1v) is 4.47. The van der Waals surface area contributed by atoms with Gasteiger partial charge in [0.15, 0.2) is 0 Å². The van der Waals surface area contributed by atoms with Gasteiger partial charge in [0.05, 0.1) is 0 Å². The molecule has 14 heavy (non-hydrogen) atoms. The van der Waals surface area contributed by atoms with Crippen LogP contribution in [0, 0.1) is 0 Å². The molecule has 0 saturated carbocycles. The Bertz CT molecular complexity index is 199. The Morgan fingerprint density at radius 2 is 1.07 bits per heavy atom. The van der Waals surface area contributed by atoms with Gasteiger partial charge in [-0.05, 0) is 12.8 Å². The van der Waals surface area contributed by atoms with E-state index in [0.29, 0.717) is 12.8 Å². The summed E-state index contributed by atoms with van der Waals surface area (Å²) in [5, 5.41) is 16.6. The lowest BCUT2D eigenvalue weighted by Crippen LogP contribution is -2.02. The second-order valence-corrected chi connectivity index (χ2v) is 3.03. The van der Waals surface area contributed by atoms with Gasteiger partial charge in [-0.25, -0.2) is 0 Å². The van der Waals surface area contributed by atoms with Gasteiger partial charge < -0.3 is 10.2 Å². The Hall–Kier alpha value is -1.39. The van der Waals surface area contributed by atoms with Crippen LogP contribution < -0.4 is 0 Å². The first-order chi connectivity index (χ1) is 6.52. The highest BCUT2D eigenvalue weighted by molar-refractivity contribution is 5.79. The summed E-state index contributed by atoms with van der Waals surface area (Å²) in [6.45, 7) is 0. The number of carboxylic acid groups (broad SMARTS) is 2. The van der Waals surface area contributed by atoms with Crippen molar-refractivity contribution in [3.8, 4) is 0 Å². The minimum atomic E-state index is -0.914. The van der Waals surface area contributed by atoms with E-state index in [0.717, 1.165) is 0 Å². The summed E-state index contributed by atoms with van der Waals surface area (Å²) in [5.74, 6) is -1.89. The van der Waals surface area contributed by atoms with Crippen LogP contribution in [-0.4, -0.2) is 27.9 Å². The average molecular weight is 202 g/mol.